The highest BCUT2D eigenvalue weighted by molar-refractivity contribution is 7.99. The topological polar surface area (TPSA) is 86.7 Å². The standard InChI is InChI=1S/C16H25NO3S/c17-16(19,20)10-15(18)13-7-4-8-14(9-13)21-11-12-5-2-1-3-6-12/h4,7-9,12,15,18-20H,1-3,5-6,10-11,17H2. The molecule has 118 valence electrons. The van der Waals surface area contributed by atoms with Crippen LogP contribution in [0, 0.1) is 5.92 Å². The molecule has 0 aliphatic heterocycles. The van der Waals surface area contributed by atoms with Gasteiger partial charge in [-0.25, -0.2) is 0 Å². The van der Waals surface area contributed by atoms with Crippen molar-refractivity contribution in [1.29, 1.82) is 0 Å². The number of benzene rings is 1. The zero-order chi connectivity index (χ0) is 15.3. The Labute approximate surface area is 130 Å². The molecule has 1 aliphatic carbocycles. The maximum atomic E-state index is 9.99. The molecule has 0 aromatic heterocycles. The molecule has 1 aromatic rings. The lowest BCUT2D eigenvalue weighted by Crippen LogP contribution is -2.40. The van der Waals surface area contributed by atoms with Gasteiger partial charge in [-0.15, -0.1) is 11.8 Å². The van der Waals surface area contributed by atoms with Gasteiger partial charge in [0.2, 0.25) is 5.91 Å². The zero-order valence-corrected chi connectivity index (χ0v) is 13.1. The maximum Gasteiger partial charge on any atom is 0.222 e. The Morgan fingerprint density at radius 3 is 2.62 bits per heavy atom. The lowest BCUT2D eigenvalue weighted by molar-refractivity contribution is -0.176. The number of hydrogen-bond donors (Lipinski definition) is 4. The van der Waals surface area contributed by atoms with Crippen LogP contribution in [-0.2, 0) is 0 Å². The van der Waals surface area contributed by atoms with E-state index < -0.39 is 12.0 Å². The molecular formula is C16H25NO3S. The van der Waals surface area contributed by atoms with Gasteiger partial charge in [-0.1, -0.05) is 31.4 Å². The van der Waals surface area contributed by atoms with Gasteiger partial charge in [-0.3, -0.25) is 5.73 Å². The van der Waals surface area contributed by atoms with E-state index in [9.17, 15) is 5.11 Å². The third kappa shape index (κ3) is 5.96. The Hall–Kier alpha value is -0.590. The molecule has 0 spiro atoms. The highest BCUT2D eigenvalue weighted by atomic mass is 32.2. The van der Waals surface area contributed by atoms with Gasteiger partial charge >= 0.3 is 0 Å². The molecule has 1 unspecified atom stereocenters. The molecule has 0 saturated heterocycles. The average Bonchev–Trinajstić information content (AvgIpc) is 2.45. The molecule has 0 bridgehead atoms. The molecule has 1 atom stereocenters. The predicted octanol–water partition coefficient (Wildman–Crippen LogP) is 2.38. The van der Waals surface area contributed by atoms with E-state index in [1.165, 1.54) is 32.1 Å². The fourth-order valence-corrected chi connectivity index (χ4v) is 3.94. The molecule has 1 aromatic carbocycles. The molecule has 21 heavy (non-hydrogen) atoms. The van der Waals surface area contributed by atoms with Crippen molar-refractivity contribution < 1.29 is 15.3 Å². The van der Waals surface area contributed by atoms with Crippen molar-refractivity contribution in [3.8, 4) is 0 Å². The third-order valence-corrected chi connectivity index (χ3v) is 5.17. The zero-order valence-electron chi connectivity index (χ0n) is 12.2. The molecule has 1 aliphatic rings. The predicted molar refractivity (Wildman–Crippen MR) is 84.7 cm³/mol. The van der Waals surface area contributed by atoms with E-state index in [0.717, 1.165) is 16.6 Å². The van der Waals surface area contributed by atoms with E-state index >= 15 is 0 Å². The van der Waals surface area contributed by atoms with Crippen molar-refractivity contribution in [3.63, 3.8) is 0 Å². The Bertz CT molecular complexity index is 441. The summed E-state index contributed by atoms with van der Waals surface area (Å²) in [5.41, 5.74) is 5.78. The molecule has 4 nitrogen and oxygen atoms in total. The van der Waals surface area contributed by atoms with Crippen LogP contribution >= 0.6 is 11.8 Å². The first kappa shape index (κ1) is 16.8. The summed E-state index contributed by atoms with van der Waals surface area (Å²) in [4.78, 5) is 1.11. The van der Waals surface area contributed by atoms with Crippen molar-refractivity contribution >= 4 is 11.8 Å². The molecule has 1 fully saturated rings. The minimum absolute atomic E-state index is 0.302. The van der Waals surface area contributed by atoms with E-state index in [4.69, 9.17) is 15.9 Å². The lowest BCUT2D eigenvalue weighted by Gasteiger charge is -2.22. The smallest absolute Gasteiger partial charge is 0.222 e. The number of rotatable bonds is 6. The van der Waals surface area contributed by atoms with E-state index in [0.29, 0.717) is 5.56 Å². The normalized spacial score (nSPS) is 18.7. The van der Waals surface area contributed by atoms with Gasteiger partial charge in [0.05, 0.1) is 6.10 Å². The molecule has 0 radical (unpaired) electrons. The minimum atomic E-state index is -2.34. The van der Waals surface area contributed by atoms with Crippen molar-refractivity contribution in [2.24, 2.45) is 11.7 Å². The summed E-state index contributed by atoms with van der Waals surface area (Å²) < 4.78 is 0. The fourth-order valence-electron chi connectivity index (χ4n) is 2.78. The summed E-state index contributed by atoms with van der Waals surface area (Å²) in [6.07, 6.45) is 5.42. The monoisotopic (exact) mass is 311 g/mol. The second-order valence-corrected chi connectivity index (χ2v) is 7.08. The maximum absolute atomic E-state index is 9.99. The Morgan fingerprint density at radius 2 is 1.95 bits per heavy atom. The molecule has 2 rings (SSSR count). The Morgan fingerprint density at radius 1 is 1.24 bits per heavy atom. The molecule has 1 saturated carbocycles. The van der Waals surface area contributed by atoms with E-state index in [1.54, 1.807) is 6.07 Å². The van der Waals surface area contributed by atoms with Crippen LogP contribution in [0.5, 0.6) is 0 Å². The Kier molecular flexibility index (Phi) is 6.08. The van der Waals surface area contributed by atoms with Crippen molar-refractivity contribution in [3.05, 3.63) is 29.8 Å². The summed E-state index contributed by atoms with van der Waals surface area (Å²) in [5.74, 6) is -0.436. The van der Waals surface area contributed by atoms with Crippen LogP contribution in [0.1, 0.15) is 50.2 Å². The van der Waals surface area contributed by atoms with Crippen LogP contribution in [-0.4, -0.2) is 27.0 Å². The van der Waals surface area contributed by atoms with Crippen LogP contribution in [0.3, 0.4) is 0 Å². The number of hydrogen-bond acceptors (Lipinski definition) is 5. The highest BCUT2D eigenvalue weighted by Crippen LogP contribution is 2.31. The van der Waals surface area contributed by atoms with Gasteiger partial charge in [0.1, 0.15) is 0 Å². The Balaban J connectivity index is 1.90. The number of aliphatic hydroxyl groups excluding tert-OH is 1. The minimum Gasteiger partial charge on any atom is -0.388 e. The van der Waals surface area contributed by atoms with Gasteiger partial charge in [0, 0.05) is 17.1 Å². The van der Waals surface area contributed by atoms with Crippen molar-refractivity contribution in [1.82, 2.24) is 0 Å². The average molecular weight is 311 g/mol. The summed E-state index contributed by atoms with van der Waals surface area (Å²) in [5, 5.41) is 28.3. The van der Waals surface area contributed by atoms with Gasteiger partial charge in [0.15, 0.2) is 0 Å². The van der Waals surface area contributed by atoms with Crippen LogP contribution in [0.15, 0.2) is 29.2 Å². The number of aliphatic hydroxyl groups is 3. The van der Waals surface area contributed by atoms with Crippen LogP contribution in [0.2, 0.25) is 0 Å². The van der Waals surface area contributed by atoms with Gasteiger partial charge in [-0.2, -0.15) is 0 Å². The second-order valence-electron chi connectivity index (χ2n) is 5.99. The quantitative estimate of drug-likeness (QED) is 0.479. The third-order valence-electron chi connectivity index (χ3n) is 3.95. The first-order valence-electron chi connectivity index (χ1n) is 7.58. The van der Waals surface area contributed by atoms with Gasteiger partial charge < -0.3 is 15.3 Å². The fraction of sp³-hybridized carbons (Fsp3) is 0.625. The summed E-state index contributed by atoms with van der Waals surface area (Å²) in [7, 11) is 0. The molecule has 0 heterocycles. The first-order valence-corrected chi connectivity index (χ1v) is 8.57. The van der Waals surface area contributed by atoms with E-state index in [1.807, 2.05) is 30.0 Å². The summed E-state index contributed by atoms with van der Waals surface area (Å²) in [6, 6.07) is 7.59. The van der Waals surface area contributed by atoms with Crippen molar-refractivity contribution in [2.45, 2.75) is 55.4 Å². The largest absolute Gasteiger partial charge is 0.388 e. The second kappa shape index (κ2) is 7.61. The summed E-state index contributed by atoms with van der Waals surface area (Å²) in [6.45, 7) is 0. The highest BCUT2D eigenvalue weighted by Gasteiger charge is 2.23. The van der Waals surface area contributed by atoms with Gasteiger partial charge in [0.25, 0.3) is 0 Å². The number of thioether (sulfide) groups is 1. The summed E-state index contributed by atoms with van der Waals surface area (Å²) >= 11 is 1.81. The molecule has 0 amide bonds. The van der Waals surface area contributed by atoms with Crippen LogP contribution < -0.4 is 5.73 Å². The SMILES string of the molecule is NC(O)(O)CC(O)c1cccc(SCC2CCCCC2)c1. The lowest BCUT2D eigenvalue weighted by atomic mass is 9.91. The van der Waals surface area contributed by atoms with E-state index in [-0.39, 0.29) is 6.42 Å². The van der Waals surface area contributed by atoms with E-state index in [2.05, 4.69) is 0 Å². The molecule has 5 heteroatoms. The first-order chi connectivity index (χ1) is 9.94. The number of nitrogens with two attached hydrogens (primary N) is 1. The van der Waals surface area contributed by atoms with Crippen LogP contribution in [0.4, 0.5) is 0 Å². The molecule has 5 N–H and O–H groups in total. The van der Waals surface area contributed by atoms with Crippen molar-refractivity contribution in [2.75, 3.05) is 5.75 Å². The molecular weight excluding hydrogens is 286 g/mol. The van der Waals surface area contributed by atoms with Gasteiger partial charge in [-0.05, 0) is 36.5 Å². The van der Waals surface area contributed by atoms with Crippen LogP contribution in [0.25, 0.3) is 0 Å².